The highest BCUT2D eigenvalue weighted by Gasteiger charge is 2.48. The van der Waals surface area contributed by atoms with Crippen molar-refractivity contribution in [2.24, 2.45) is 5.92 Å². The molecule has 1 aromatic carbocycles. The monoisotopic (exact) mass is 241 g/mol. The number of nitriles is 1. The van der Waals surface area contributed by atoms with Crippen LogP contribution in [0.1, 0.15) is 6.42 Å². The summed E-state index contributed by atoms with van der Waals surface area (Å²) in [6.07, 6.45) is 0.446. The molecule has 0 amide bonds. The summed E-state index contributed by atoms with van der Waals surface area (Å²) in [5.74, 6) is -0.342. The minimum atomic E-state index is -3.32. The van der Waals surface area contributed by atoms with Crippen LogP contribution in [0.4, 0.5) is 0 Å². The zero-order chi connectivity index (χ0) is 11.1. The number of halogens is 1. The first kappa shape index (κ1) is 10.5. The average Bonchev–Trinajstić information content (AvgIpc) is 2.98. The Morgan fingerprint density at radius 1 is 1.33 bits per heavy atom. The molecule has 3 nitrogen and oxygen atoms in total. The van der Waals surface area contributed by atoms with E-state index in [4.69, 9.17) is 16.9 Å². The Morgan fingerprint density at radius 3 is 2.40 bits per heavy atom. The first-order valence-corrected chi connectivity index (χ1v) is 6.37. The van der Waals surface area contributed by atoms with Gasteiger partial charge in [0, 0.05) is 5.02 Å². The van der Waals surface area contributed by atoms with Gasteiger partial charge in [-0.3, -0.25) is 0 Å². The topological polar surface area (TPSA) is 57.9 Å². The van der Waals surface area contributed by atoms with Crippen molar-refractivity contribution < 1.29 is 8.42 Å². The Bertz CT molecular complexity index is 515. The van der Waals surface area contributed by atoms with Crippen molar-refractivity contribution >= 4 is 21.4 Å². The number of hydrogen-bond donors (Lipinski definition) is 0. The molecule has 2 rings (SSSR count). The van der Waals surface area contributed by atoms with Gasteiger partial charge in [0.05, 0.1) is 22.1 Å². The number of rotatable bonds is 2. The maximum absolute atomic E-state index is 11.9. The summed E-state index contributed by atoms with van der Waals surface area (Å²) in [6, 6.07) is 8.00. The summed E-state index contributed by atoms with van der Waals surface area (Å²) in [7, 11) is -3.32. The van der Waals surface area contributed by atoms with Crippen LogP contribution in [0.15, 0.2) is 29.2 Å². The molecule has 78 valence electrons. The Balaban J connectivity index is 2.32. The fraction of sp³-hybridized carbons (Fsp3) is 0.300. The lowest BCUT2D eigenvalue weighted by Gasteiger charge is -2.01. The van der Waals surface area contributed by atoms with E-state index in [9.17, 15) is 8.42 Å². The van der Waals surface area contributed by atoms with Crippen LogP contribution in [0.5, 0.6) is 0 Å². The molecule has 0 bridgehead atoms. The maximum atomic E-state index is 11.9. The van der Waals surface area contributed by atoms with Crippen molar-refractivity contribution in [2.45, 2.75) is 16.6 Å². The van der Waals surface area contributed by atoms with Crippen molar-refractivity contribution in [2.75, 3.05) is 0 Å². The zero-order valence-corrected chi connectivity index (χ0v) is 9.29. The highest BCUT2D eigenvalue weighted by molar-refractivity contribution is 7.92. The molecule has 15 heavy (non-hydrogen) atoms. The first-order valence-electron chi connectivity index (χ1n) is 4.45. The number of nitrogens with zero attached hydrogens (tertiary/aromatic N) is 1. The molecule has 0 radical (unpaired) electrons. The van der Waals surface area contributed by atoms with Gasteiger partial charge >= 0.3 is 0 Å². The molecule has 2 unspecified atom stereocenters. The fourth-order valence-corrected chi connectivity index (χ4v) is 3.39. The van der Waals surface area contributed by atoms with E-state index in [1.165, 1.54) is 24.3 Å². The Hall–Kier alpha value is -1.05. The van der Waals surface area contributed by atoms with Gasteiger partial charge in [-0.05, 0) is 30.7 Å². The van der Waals surface area contributed by atoms with E-state index in [-0.39, 0.29) is 10.8 Å². The molecule has 1 aromatic rings. The SMILES string of the molecule is N#CC1CC1S(=O)(=O)c1ccc(Cl)cc1. The molecular formula is C10H8ClNO2S. The summed E-state index contributed by atoms with van der Waals surface area (Å²) >= 11 is 5.67. The third-order valence-electron chi connectivity index (χ3n) is 2.44. The molecule has 0 spiro atoms. The minimum Gasteiger partial charge on any atom is -0.223 e. The maximum Gasteiger partial charge on any atom is 0.182 e. The van der Waals surface area contributed by atoms with Crippen molar-refractivity contribution in [1.82, 2.24) is 0 Å². The molecule has 1 aliphatic carbocycles. The van der Waals surface area contributed by atoms with E-state index in [0.29, 0.717) is 11.4 Å². The van der Waals surface area contributed by atoms with Crippen LogP contribution < -0.4 is 0 Å². The lowest BCUT2D eigenvalue weighted by molar-refractivity contribution is 0.594. The third kappa shape index (κ3) is 1.85. The zero-order valence-electron chi connectivity index (χ0n) is 7.72. The number of sulfone groups is 1. The highest BCUT2D eigenvalue weighted by Crippen LogP contribution is 2.39. The molecule has 5 heteroatoms. The van der Waals surface area contributed by atoms with E-state index in [0.717, 1.165) is 0 Å². The van der Waals surface area contributed by atoms with E-state index in [1.54, 1.807) is 0 Å². The van der Waals surface area contributed by atoms with Gasteiger partial charge in [-0.15, -0.1) is 0 Å². The van der Waals surface area contributed by atoms with Crippen molar-refractivity contribution in [3.05, 3.63) is 29.3 Å². The van der Waals surface area contributed by atoms with E-state index >= 15 is 0 Å². The predicted molar refractivity (Wildman–Crippen MR) is 56.1 cm³/mol. The van der Waals surface area contributed by atoms with Crippen molar-refractivity contribution in [3.8, 4) is 6.07 Å². The Kier molecular flexibility index (Phi) is 2.45. The smallest absolute Gasteiger partial charge is 0.182 e. The van der Waals surface area contributed by atoms with Crippen LogP contribution in [0, 0.1) is 17.2 Å². The molecule has 0 N–H and O–H groups in total. The van der Waals surface area contributed by atoms with Crippen molar-refractivity contribution in [3.63, 3.8) is 0 Å². The van der Waals surface area contributed by atoms with Gasteiger partial charge in [0.25, 0.3) is 0 Å². The second kappa shape index (κ2) is 3.51. The van der Waals surface area contributed by atoms with Gasteiger partial charge in [0.2, 0.25) is 0 Å². The van der Waals surface area contributed by atoms with Crippen LogP contribution >= 0.6 is 11.6 Å². The van der Waals surface area contributed by atoms with Crippen LogP contribution in [0.3, 0.4) is 0 Å². The highest BCUT2D eigenvalue weighted by atomic mass is 35.5. The summed E-state index contributed by atoms with van der Waals surface area (Å²) in [5.41, 5.74) is 0. The largest absolute Gasteiger partial charge is 0.223 e. The molecule has 0 heterocycles. The summed E-state index contributed by atoms with van der Waals surface area (Å²) < 4.78 is 23.8. The second-order valence-electron chi connectivity index (χ2n) is 3.51. The van der Waals surface area contributed by atoms with E-state index in [1.807, 2.05) is 6.07 Å². The van der Waals surface area contributed by atoms with Gasteiger partial charge < -0.3 is 0 Å². The molecule has 1 saturated carbocycles. The van der Waals surface area contributed by atoms with Gasteiger partial charge in [0.15, 0.2) is 9.84 Å². The normalized spacial score (nSPS) is 24.5. The molecule has 0 aliphatic heterocycles. The quantitative estimate of drug-likeness (QED) is 0.796. The van der Waals surface area contributed by atoms with Crippen LogP contribution in [0.25, 0.3) is 0 Å². The molecular weight excluding hydrogens is 234 g/mol. The first-order chi connectivity index (χ1) is 7.05. The van der Waals surface area contributed by atoms with E-state index in [2.05, 4.69) is 0 Å². The van der Waals surface area contributed by atoms with Crippen LogP contribution in [-0.4, -0.2) is 13.7 Å². The Labute approximate surface area is 93.2 Å². The summed E-state index contributed by atoms with van der Waals surface area (Å²) in [4.78, 5) is 0.245. The third-order valence-corrected chi connectivity index (χ3v) is 4.94. The van der Waals surface area contributed by atoms with E-state index < -0.39 is 15.1 Å². The second-order valence-corrected chi connectivity index (χ2v) is 6.11. The van der Waals surface area contributed by atoms with Gasteiger partial charge in [0.1, 0.15) is 0 Å². The average molecular weight is 242 g/mol. The molecule has 0 aromatic heterocycles. The number of hydrogen-bond acceptors (Lipinski definition) is 3. The Morgan fingerprint density at radius 2 is 1.93 bits per heavy atom. The van der Waals surface area contributed by atoms with Crippen molar-refractivity contribution in [1.29, 1.82) is 5.26 Å². The lowest BCUT2D eigenvalue weighted by Crippen LogP contribution is -2.08. The lowest BCUT2D eigenvalue weighted by atomic mass is 10.4. The molecule has 0 saturated heterocycles. The van der Waals surface area contributed by atoms with Crippen LogP contribution in [-0.2, 0) is 9.84 Å². The summed E-state index contributed by atoms with van der Waals surface area (Å²) in [6.45, 7) is 0. The summed E-state index contributed by atoms with van der Waals surface area (Å²) in [5, 5.41) is 8.57. The minimum absolute atomic E-state index is 0.245. The van der Waals surface area contributed by atoms with Gasteiger partial charge in [-0.25, -0.2) is 8.42 Å². The van der Waals surface area contributed by atoms with Crippen LogP contribution in [0.2, 0.25) is 5.02 Å². The van der Waals surface area contributed by atoms with Gasteiger partial charge in [-0.1, -0.05) is 11.6 Å². The fourth-order valence-electron chi connectivity index (χ4n) is 1.45. The molecule has 2 atom stereocenters. The predicted octanol–water partition coefficient (Wildman–Crippen LogP) is 2.03. The van der Waals surface area contributed by atoms with Gasteiger partial charge in [-0.2, -0.15) is 5.26 Å². The molecule has 1 aliphatic rings. The standard InChI is InChI=1S/C10H8ClNO2S/c11-8-1-3-9(4-2-8)15(13,14)10-5-7(10)6-12/h1-4,7,10H,5H2. The number of benzene rings is 1. The molecule has 1 fully saturated rings.